The molecule has 0 aromatic carbocycles. The van der Waals surface area contributed by atoms with Gasteiger partial charge in [0.2, 0.25) is 17.7 Å². The zero-order valence-corrected chi connectivity index (χ0v) is 17.4. The summed E-state index contributed by atoms with van der Waals surface area (Å²) in [7, 11) is 0. The van der Waals surface area contributed by atoms with Crippen LogP contribution in [0.5, 0.6) is 0 Å². The normalized spacial score (nSPS) is 23.8. The minimum Gasteiger partial charge on any atom is -0.481 e. The van der Waals surface area contributed by atoms with E-state index in [1.807, 2.05) is 0 Å². The Morgan fingerprint density at radius 3 is 2.06 bits per heavy atom. The van der Waals surface area contributed by atoms with E-state index >= 15 is 0 Å². The van der Waals surface area contributed by atoms with Gasteiger partial charge in [0.05, 0.1) is 12.1 Å². The zero-order chi connectivity index (χ0) is 23.3. The number of hydrogen-bond donors (Lipinski definition) is 5. The Balaban J connectivity index is 2.07. The molecule has 5 atom stereocenters. The number of nitrogens with two attached hydrogens (primary N) is 1. The predicted octanol–water partition coefficient (Wildman–Crippen LogP) is -1.89. The van der Waals surface area contributed by atoms with Crippen molar-refractivity contribution in [2.24, 2.45) is 5.73 Å². The lowest BCUT2D eigenvalue weighted by Crippen LogP contribution is -2.59. The summed E-state index contributed by atoms with van der Waals surface area (Å²) in [6.45, 7) is 1.79. The summed E-state index contributed by atoms with van der Waals surface area (Å²) in [4.78, 5) is 62.8. The molecule has 3 amide bonds. The topological polar surface area (TPSA) is 191 Å². The minimum absolute atomic E-state index is 0.0701. The van der Waals surface area contributed by atoms with Crippen LogP contribution in [0.4, 0.5) is 0 Å². The molecule has 12 heteroatoms. The van der Waals surface area contributed by atoms with Crippen LogP contribution in [0.15, 0.2) is 0 Å². The Labute approximate surface area is 179 Å². The van der Waals surface area contributed by atoms with E-state index in [0.717, 1.165) is 4.90 Å². The van der Waals surface area contributed by atoms with E-state index in [2.05, 4.69) is 5.32 Å². The number of nitrogens with one attached hydrogen (secondary N) is 1. The van der Waals surface area contributed by atoms with Crippen molar-refractivity contribution in [3.8, 4) is 0 Å². The molecule has 0 saturated carbocycles. The highest BCUT2D eigenvalue weighted by atomic mass is 16.4. The van der Waals surface area contributed by atoms with Crippen molar-refractivity contribution in [2.45, 2.75) is 75.7 Å². The van der Waals surface area contributed by atoms with Gasteiger partial charge in [-0.25, -0.2) is 4.79 Å². The second-order valence-corrected chi connectivity index (χ2v) is 7.98. The summed E-state index contributed by atoms with van der Waals surface area (Å²) in [5.41, 5.74) is 5.79. The number of carboxylic acid groups (broad SMARTS) is 2. The predicted molar refractivity (Wildman–Crippen MR) is 106 cm³/mol. The van der Waals surface area contributed by atoms with Gasteiger partial charge in [-0.1, -0.05) is 0 Å². The van der Waals surface area contributed by atoms with Gasteiger partial charge in [-0.2, -0.15) is 0 Å². The minimum atomic E-state index is -1.36. The highest BCUT2D eigenvalue weighted by Gasteiger charge is 2.42. The molecule has 0 spiro atoms. The van der Waals surface area contributed by atoms with E-state index in [1.54, 1.807) is 0 Å². The van der Waals surface area contributed by atoms with Crippen LogP contribution in [0.25, 0.3) is 0 Å². The number of nitrogens with zero attached hydrogens (tertiary/aromatic N) is 2. The first-order chi connectivity index (χ1) is 14.5. The standard InChI is InChI=1S/C19H30N4O8/c1-10(24)15(18(29)23-9-3-5-13(23)19(30)31)21-16(27)12-4-2-8-22(12)17(28)11(20)6-7-14(25)26/h10-13,15,24H,2-9,20H2,1H3,(H,21,27)(H,25,26)(H,30,31). The first-order valence-corrected chi connectivity index (χ1v) is 10.3. The fraction of sp³-hybridized carbons (Fsp3) is 0.737. The number of rotatable bonds is 9. The van der Waals surface area contributed by atoms with E-state index in [-0.39, 0.29) is 25.9 Å². The lowest BCUT2D eigenvalue weighted by molar-refractivity contribution is -0.151. The number of carboxylic acids is 2. The molecule has 12 nitrogen and oxygen atoms in total. The van der Waals surface area contributed by atoms with Crippen LogP contribution in [0, 0.1) is 0 Å². The van der Waals surface area contributed by atoms with Gasteiger partial charge in [-0.05, 0) is 39.0 Å². The summed E-state index contributed by atoms with van der Waals surface area (Å²) in [5.74, 6) is -4.13. The average molecular weight is 442 g/mol. The number of carbonyl (C=O) groups is 5. The molecule has 2 saturated heterocycles. The molecule has 6 N–H and O–H groups in total. The van der Waals surface area contributed by atoms with Crippen LogP contribution in [0.3, 0.4) is 0 Å². The molecule has 174 valence electrons. The van der Waals surface area contributed by atoms with Gasteiger partial charge < -0.3 is 36.2 Å². The quantitative estimate of drug-likeness (QED) is 0.272. The molecule has 0 aliphatic carbocycles. The Bertz CT molecular complexity index is 728. The number of carbonyl (C=O) groups excluding carboxylic acids is 3. The molecule has 0 aromatic heterocycles. The monoisotopic (exact) mass is 442 g/mol. The highest BCUT2D eigenvalue weighted by Crippen LogP contribution is 2.22. The van der Waals surface area contributed by atoms with Crippen LogP contribution in [0.1, 0.15) is 45.4 Å². The Hall–Kier alpha value is -2.73. The first kappa shape index (κ1) is 24.5. The van der Waals surface area contributed by atoms with Gasteiger partial charge >= 0.3 is 11.9 Å². The average Bonchev–Trinajstić information content (AvgIpc) is 3.38. The zero-order valence-electron chi connectivity index (χ0n) is 17.4. The van der Waals surface area contributed by atoms with E-state index in [0.29, 0.717) is 25.7 Å². The number of aliphatic hydroxyl groups excluding tert-OH is 1. The fourth-order valence-electron chi connectivity index (χ4n) is 4.02. The molecule has 2 heterocycles. The third-order valence-corrected chi connectivity index (χ3v) is 5.69. The summed E-state index contributed by atoms with van der Waals surface area (Å²) in [6, 6.07) is -4.35. The number of likely N-dealkylation sites (tertiary alicyclic amines) is 2. The first-order valence-electron chi connectivity index (χ1n) is 10.3. The van der Waals surface area contributed by atoms with Gasteiger partial charge in [-0.3, -0.25) is 19.2 Å². The second kappa shape index (κ2) is 10.5. The SMILES string of the molecule is CC(O)C(NC(=O)C1CCCN1C(=O)C(N)CCC(=O)O)C(=O)N1CCCC1C(=O)O. The molecule has 2 fully saturated rings. The van der Waals surface area contributed by atoms with Crippen LogP contribution in [-0.4, -0.2) is 98.1 Å². The molecule has 0 aromatic rings. The van der Waals surface area contributed by atoms with Gasteiger partial charge in [0.1, 0.15) is 18.1 Å². The highest BCUT2D eigenvalue weighted by molar-refractivity contribution is 5.95. The van der Waals surface area contributed by atoms with Crippen molar-refractivity contribution < 1.29 is 39.3 Å². The third-order valence-electron chi connectivity index (χ3n) is 5.69. The molecule has 0 bridgehead atoms. The Morgan fingerprint density at radius 2 is 1.55 bits per heavy atom. The van der Waals surface area contributed by atoms with Gasteiger partial charge in [0.15, 0.2) is 0 Å². The van der Waals surface area contributed by atoms with Crippen molar-refractivity contribution >= 4 is 29.7 Å². The largest absolute Gasteiger partial charge is 0.481 e. The molecule has 2 rings (SSSR count). The molecule has 31 heavy (non-hydrogen) atoms. The van der Waals surface area contributed by atoms with Crippen molar-refractivity contribution in [3.05, 3.63) is 0 Å². The van der Waals surface area contributed by atoms with Gasteiger partial charge in [-0.15, -0.1) is 0 Å². The maximum atomic E-state index is 12.9. The van der Waals surface area contributed by atoms with Crippen LogP contribution in [-0.2, 0) is 24.0 Å². The van der Waals surface area contributed by atoms with E-state index in [9.17, 15) is 34.2 Å². The fourth-order valence-corrected chi connectivity index (χ4v) is 4.02. The molecule has 5 unspecified atom stereocenters. The van der Waals surface area contributed by atoms with Crippen LogP contribution in [0.2, 0.25) is 0 Å². The molecule has 2 aliphatic rings. The molecule has 0 radical (unpaired) electrons. The lowest BCUT2D eigenvalue weighted by atomic mass is 10.1. The number of amides is 3. The Morgan fingerprint density at radius 1 is 1.00 bits per heavy atom. The Kier molecular flexibility index (Phi) is 8.34. The summed E-state index contributed by atoms with van der Waals surface area (Å²) >= 11 is 0. The maximum absolute atomic E-state index is 12.9. The van der Waals surface area contributed by atoms with Crippen molar-refractivity contribution in [1.29, 1.82) is 0 Å². The smallest absolute Gasteiger partial charge is 0.326 e. The molecular formula is C19H30N4O8. The molecule has 2 aliphatic heterocycles. The van der Waals surface area contributed by atoms with Gasteiger partial charge in [0, 0.05) is 19.5 Å². The second-order valence-electron chi connectivity index (χ2n) is 7.98. The summed E-state index contributed by atoms with van der Waals surface area (Å²) in [5, 5.41) is 30.6. The number of aliphatic hydroxyl groups is 1. The molecular weight excluding hydrogens is 412 g/mol. The summed E-state index contributed by atoms with van der Waals surface area (Å²) < 4.78 is 0. The maximum Gasteiger partial charge on any atom is 0.326 e. The summed E-state index contributed by atoms with van der Waals surface area (Å²) in [6.07, 6.45) is 0.00965. The third kappa shape index (κ3) is 5.91. The van der Waals surface area contributed by atoms with E-state index in [4.69, 9.17) is 10.8 Å². The van der Waals surface area contributed by atoms with Gasteiger partial charge in [0.25, 0.3) is 0 Å². The van der Waals surface area contributed by atoms with Crippen LogP contribution < -0.4 is 11.1 Å². The van der Waals surface area contributed by atoms with Crippen molar-refractivity contribution in [3.63, 3.8) is 0 Å². The number of aliphatic carboxylic acids is 2. The lowest BCUT2D eigenvalue weighted by Gasteiger charge is -2.31. The number of hydrogen-bond acceptors (Lipinski definition) is 7. The van der Waals surface area contributed by atoms with Crippen LogP contribution >= 0.6 is 0 Å². The van der Waals surface area contributed by atoms with Crippen molar-refractivity contribution in [2.75, 3.05) is 13.1 Å². The van der Waals surface area contributed by atoms with E-state index < -0.39 is 59.9 Å². The van der Waals surface area contributed by atoms with Crippen molar-refractivity contribution in [1.82, 2.24) is 15.1 Å². The van der Waals surface area contributed by atoms with E-state index in [1.165, 1.54) is 11.8 Å².